The molecule has 0 aliphatic rings. The molecule has 0 bridgehead atoms. The van der Waals surface area contributed by atoms with Gasteiger partial charge in [-0.05, 0) is 19.8 Å². The SMILES string of the molecule is CC(C)c1csc(C(N)c2cncn2C(C)C)n1. The molecule has 4 nitrogen and oxygen atoms in total. The van der Waals surface area contributed by atoms with E-state index < -0.39 is 0 Å². The summed E-state index contributed by atoms with van der Waals surface area (Å²) in [5.74, 6) is 0.442. The summed E-state index contributed by atoms with van der Waals surface area (Å²) in [6.07, 6.45) is 3.66. The molecule has 0 radical (unpaired) electrons. The minimum Gasteiger partial charge on any atom is -0.330 e. The maximum atomic E-state index is 6.30. The van der Waals surface area contributed by atoms with Crippen molar-refractivity contribution in [3.8, 4) is 0 Å². The van der Waals surface area contributed by atoms with Crippen molar-refractivity contribution in [2.24, 2.45) is 5.73 Å². The van der Waals surface area contributed by atoms with E-state index in [2.05, 4.69) is 47.6 Å². The van der Waals surface area contributed by atoms with Gasteiger partial charge < -0.3 is 10.3 Å². The predicted molar refractivity (Wildman–Crippen MR) is 74.8 cm³/mol. The summed E-state index contributed by atoms with van der Waals surface area (Å²) in [5, 5.41) is 3.05. The molecule has 0 saturated carbocycles. The van der Waals surface area contributed by atoms with Crippen LogP contribution in [0.25, 0.3) is 0 Å². The van der Waals surface area contributed by atoms with Crippen molar-refractivity contribution in [3.05, 3.63) is 34.3 Å². The Bertz CT molecular complexity index is 513. The van der Waals surface area contributed by atoms with Crippen LogP contribution in [0, 0.1) is 0 Å². The second-order valence-corrected chi connectivity index (χ2v) is 5.95. The topological polar surface area (TPSA) is 56.7 Å². The molecule has 0 saturated heterocycles. The van der Waals surface area contributed by atoms with Crippen LogP contribution in [0.2, 0.25) is 0 Å². The third-order valence-electron chi connectivity index (χ3n) is 2.97. The summed E-state index contributed by atoms with van der Waals surface area (Å²) in [5.41, 5.74) is 8.43. The molecule has 1 atom stereocenters. The zero-order chi connectivity index (χ0) is 13.3. The quantitative estimate of drug-likeness (QED) is 0.923. The Kier molecular flexibility index (Phi) is 3.82. The fraction of sp³-hybridized carbons (Fsp3) is 0.538. The van der Waals surface area contributed by atoms with Gasteiger partial charge in [-0.3, -0.25) is 0 Å². The van der Waals surface area contributed by atoms with Crippen LogP contribution in [0.5, 0.6) is 0 Å². The van der Waals surface area contributed by atoms with Gasteiger partial charge in [-0.25, -0.2) is 9.97 Å². The van der Waals surface area contributed by atoms with Crippen molar-refractivity contribution in [1.29, 1.82) is 0 Å². The van der Waals surface area contributed by atoms with Gasteiger partial charge in [0.25, 0.3) is 0 Å². The van der Waals surface area contributed by atoms with Crippen LogP contribution >= 0.6 is 11.3 Å². The highest BCUT2D eigenvalue weighted by Gasteiger charge is 2.19. The maximum Gasteiger partial charge on any atom is 0.116 e. The zero-order valence-electron chi connectivity index (χ0n) is 11.3. The first kappa shape index (κ1) is 13.2. The molecule has 0 aromatic carbocycles. The predicted octanol–water partition coefficient (Wildman–Crippen LogP) is 3.09. The van der Waals surface area contributed by atoms with Crippen LogP contribution in [0.3, 0.4) is 0 Å². The largest absolute Gasteiger partial charge is 0.330 e. The Labute approximate surface area is 112 Å². The normalized spacial score (nSPS) is 13.5. The number of hydrogen-bond donors (Lipinski definition) is 1. The van der Waals surface area contributed by atoms with E-state index in [1.165, 1.54) is 0 Å². The van der Waals surface area contributed by atoms with Gasteiger partial charge in [-0.1, -0.05) is 13.8 Å². The summed E-state index contributed by atoms with van der Waals surface area (Å²) in [4.78, 5) is 8.81. The first-order valence-corrected chi connectivity index (χ1v) is 7.11. The zero-order valence-corrected chi connectivity index (χ0v) is 12.1. The number of aromatic nitrogens is 3. The fourth-order valence-electron chi connectivity index (χ4n) is 1.82. The molecule has 18 heavy (non-hydrogen) atoms. The van der Waals surface area contributed by atoms with Crippen LogP contribution in [0.1, 0.15) is 62.1 Å². The van der Waals surface area contributed by atoms with E-state index in [1.54, 1.807) is 11.3 Å². The molecular formula is C13H20N4S. The fourth-order valence-corrected chi connectivity index (χ4v) is 2.81. The molecule has 5 heteroatoms. The van der Waals surface area contributed by atoms with E-state index >= 15 is 0 Å². The minimum absolute atomic E-state index is 0.188. The monoisotopic (exact) mass is 264 g/mol. The molecule has 2 heterocycles. The molecule has 0 spiro atoms. The van der Waals surface area contributed by atoms with Crippen molar-refractivity contribution in [3.63, 3.8) is 0 Å². The van der Waals surface area contributed by atoms with Crippen LogP contribution in [-0.2, 0) is 0 Å². The lowest BCUT2D eigenvalue weighted by atomic mass is 10.1. The van der Waals surface area contributed by atoms with Crippen molar-refractivity contribution in [1.82, 2.24) is 14.5 Å². The van der Waals surface area contributed by atoms with Gasteiger partial charge in [-0.15, -0.1) is 11.3 Å². The minimum atomic E-state index is -0.188. The molecule has 2 aromatic heterocycles. The van der Waals surface area contributed by atoms with Crippen molar-refractivity contribution in [2.75, 3.05) is 0 Å². The van der Waals surface area contributed by atoms with Gasteiger partial charge in [0.15, 0.2) is 0 Å². The van der Waals surface area contributed by atoms with Crippen molar-refractivity contribution in [2.45, 2.75) is 45.7 Å². The maximum absolute atomic E-state index is 6.30. The van der Waals surface area contributed by atoms with Crippen molar-refractivity contribution >= 4 is 11.3 Å². The van der Waals surface area contributed by atoms with Gasteiger partial charge in [0.1, 0.15) is 5.01 Å². The third kappa shape index (κ3) is 2.47. The smallest absolute Gasteiger partial charge is 0.116 e. The van der Waals surface area contributed by atoms with Gasteiger partial charge >= 0.3 is 0 Å². The molecule has 2 aromatic rings. The highest BCUT2D eigenvalue weighted by Crippen LogP contribution is 2.26. The summed E-state index contributed by atoms with van der Waals surface area (Å²) in [6, 6.07) is 0.172. The van der Waals surface area contributed by atoms with E-state index in [0.717, 1.165) is 16.4 Å². The Hall–Kier alpha value is -1.20. The standard InChI is InChI=1S/C13H20N4S/c1-8(2)10-6-18-13(16-10)12(14)11-5-15-7-17(11)9(3)4/h5-9,12H,14H2,1-4H3. The Morgan fingerprint density at radius 1 is 1.28 bits per heavy atom. The average molecular weight is 264 g/mol. The van der Waals surface area contributed by atoms with E-state index in [9.17, 15) is 0 Å². The number of hydrogen-bond acceptors (Lipinski definition) is 4. The lowest BCUT2D eigenvalue weighted by molar-refractivity contribution is 0.559. The van der Waals surface area contributed by atoms with E-state index in [4.69, 9.17) is 5.73 Å². The first-order valence-electron chi connectivity index (χ1n) is 6.23. The number of nitrogens with two attached hydrogens (primary N) is 1. The van der Waals surface area contributed by atoms with Crippen LogP contribution in [0.15, 0.2) is 17.9 Å². The lowest BCUT2D eigenvalue weighted by Crippen LogP contribution is -2.17. The van der Waals surface area contributed by atoms with Gasteiger partial charge in [0, 0.05) is 11.4 Å². The van der Waals surface area contributed by atoms with Crippen LogP contribution in [-0.4, -0.2) is 14.5 Å². The average Bonchev–Trinajstić information content (AvgIpc) is 2.97. The molecule has 98 valence electrons. The molecular weight excluding hydrogens is 244 g/mol. The van der Waals surface area contributed by atoms with Crippen LogP contribution in [0.4, 0.5) is 0 Å². The van der Waals surface area contributed by atoms with E-state index in [0.29, 0.717) is 12.0 Å². The second kappa shape index (κ2) is 5.20. The Morgan fingerprint density at radius 3 is 2.56 bits per heavy atom. The molecule has 2 N–H and O–H groups in total. The molecule has 0 fully saturated rings. The van der Waals surface area contributed by atoms with Gasteiger partial charge in [-0.2, -0.15) is 0 Å². The van der Waals surface area contributed by atoms with Crippen LogP contribution < -0.4 is 5.73 Å². The molecule has 0 amide bonds. The summed E-state index contributed by atoms with van der Waals surface area (Å²) >= 11 is 1.63. The highest BCUT2D eigenvalue weighted by atomic mass is 32.1. The molecule has 0 aliphatic heterocycles. The number of thiazole rings is 1. The number of nitrogens with zero attached hydrogens (tertiary/aromatic N) is 3. The van der Waals surface area contributed by atoms with Gasteiger partial charge in [0.2, 0.25) is 0 Å². The van der Waals surface area contributed by atoms with Gasteiger partial charge in [0.05, 0.1) is 30.0 Å². The summed E-state index contributed by atoms with van der Waals surface area (Å²) in [6.45, 7) is 8.53. The van der Waals surface area contributed by atoms with E-state index in [1.807, 2.05) is 12.5 Å². The Morgan fingerprint density at radius 2 is 2.00 bits per heavy atom. The number of imidazole rings is 1. The first-order chi connectivity index (χ1) is 8.50. The summed E-state index contributed by atoms with van der Waals surface area (Å²) < 4.78 is 2.10. The molecule has 2 rings (SSSR count). The lowest BCUT2D eigenvalue weighted by Gasteiger charge is -2.15. The highest BCUT2D eigenvalue weighted by molar-refractivity contribution is 7.09. The summed E-state index contributed by atoms with van der Waals surface area (Å²) in [7, 11) is 0. The number of rotatable bonds is 4. The molecule has 0 aliphatic carbocycles. The molecule has 1 unspecified atom stereocenters. The third-order valence-corrected chi connectivity index (χ3v) is 3.91. The van der Waals surface area contributed by atoms with E-state index in [-0.39, 0.29) is 6.04 Å². The van der Waals surface area contributed by atoms with Crippen molar-refractivity contribution < 1.29 is 0 Å². The Balaban J connectivity index is 2.29. The second-order valence-electron chi connectivity index (χ2n) is 5.06.